The highest BCUT2D eigenvalue weighted by molar-refractivity contribution is 5.90. The van der Waals surface area contributed by atoms with Gasteiger partial charge in [0.2, 0.25) is 0 Å². The fourth-order valence-electron chi connectivity index (χ4n) is 14.8. The first kappa shape index (κ1) is 54.6. The van der Waals surface area contributed by atoms with Crippen LogP contribution in [0, 0.1) is 22.7 Å². The van der Waals surface area contributed by atoms with Crippen LogP contribution in [0.25, 0.3) is 0 Å². The highest BCUT2D eigenvalue weighted by Gasteiger charge is 2.82. The molecule has 17 nitrogen and oxygen atoms in total. The second-order valence-corrected chi connectivity index (χ2v) is 22.7. The second-order valence-electron chi connectivity index (χ2n) is 22.7. The van der Waals surface area contributed by atoms with E-state index in [1.54, 1.807) is 103 Å². The number of fused-ring (bicyclic) bond motifs is 5. The molecule has 17 heteroatoms. The fraction of sp³-hybridized carbons (Fsp3) is 0.750. The van der Waals surface area contributed by atoms with Crippen LogP contribution in [-0.4, -0.2) is 163 Å². The van der Waals surface area contributed by atoms with Gasteiger partial charge in [-0.15, -0.1) is 0 Å². The predicted molar refractivity (Wildman–Crippen MR) is 262 cm³/mol. The highest BCUT2D eigenvalue weighted by Crippen LogP contribution is 2.72. The van der Waals surface area contributed by atoms with Gasteiger partial charge in [-0.3, -0.25) is 0 Å². The molecular weight excluding hydrogens is 945 g/mol. The van der Waals surface area contributed by atoms with E-state index in [2.05, 4.69) is 6.92 Å². The van der Waals surface area contributed by atoms with E-state index in [1.165, 1.54) is 0 Å². The Morgan fingerprint density at radius 3 is 1.71 bits per heavy atom. The maximum absolute atomic E-state index is 14.1. The minimum atomic E-state index is -1.93. The largest absolute Gasteiger partial charge is 0.458 e. The Bertz CT molecular complexity index is 2200. The average Bonchev–Trinajstić information content (AvgIpc) is 3.61. The molecular formula is C56H80O17. The molecule has 0 amide bonds. The van der Waals surface area contributed by atoms with Gasteiger partial charge in [0.1, 0.15) is 41.7 Å². The van der Waals surface area contributed by atoms with Gasteiger partial charge in [-0.05, 0) is 121 Å². The Hall–Kier alpha value is -3.14. The molecule has 0 spiro atoms. The summed E-state index contributed by atoms with van der Waals surface area (Å²) in [6.07, 6.45) is -4.22. The van der Waals surface area contributed by atoms with Gasteiger partial charge in [-0.25, -0.2) is 9.59 Å². The number of carbonyl (C=O) groups excluding carboxylic acids is 2. The van der Waals surface area contributed by atoms with Crippen molar-refractivity contribution in [2.24, 2.45) is 22.7 Å². The van der Waals surface area contributed by atoms with Gasteiger partial charge in [-0.1, -0.05) is 50.2 Å². The molecule has 3 aliphatic heterocycles. The van der Waals surface area contributed by atoms with Crippen molar-refractivity contribution in [2.75, 3.05) is 21.3 Å². The smallest absolute Gasteiger partial charge is 0.338 e. The third kappa shape index (κ3) is 9.62. The molecule has 73 heavy (non-hydrogen) atoms. The summed E-state index contributed by atoms with van der Waals surface area (Å²) in [6.45, 7) is 11.1. The third-order valence-corrected chi connectivity index (χ3v) is 19.2. The van der Waals surface area contributed by atoms with Crippen molar-refractivity contribution in [1.82, 2.24) is 0 Å². The van der Waals surface area contributed by atoms with Gasteiger partial charge in [0.05, 0.1) is 64.9 Å². The quantitative estimate of drug-likeness (QED) is 0.125. The molecule has 0 unspecified atom stereocenters. The Labute approximate surface area is 429 Å². The number of carbonyl (C=O) groups is 2. The van der Waals surface area contributed by atoms with Crippen LogP contribution in [0.4, 0.5) is 0 Å². The van der Waals surface area contributed by atoms with Gasteiger partial charge in [-0.2, -0.15) is 0 Å². The van der Waals surface area contributed by atoms with Crippen LogP contribution < -0.4 is 0 Å². The van der Waals surface area contributed by atoms with E-state index >= 15 is 0 Å². The summed E-state index contributed by atoms with van der Waals surface area (Å²) in [7, 11) is 4.86. The van der Waals surface area contributed by atoms with Crippen LogP contribution in [0.1, 0.15) is 133 Å². The normalized spacial score (nSPS) is 46.0. The van der Waals surface area contributed by atoms with Crippen molar-refractivity contribution < 1.29 is 82.1 Å². The Morgan fingerprint density at radius 1 is 0.630 bits per heavy atom. The molecule has 3 heterocycles. The highest BCUT2D eigenvalue weighted by atomic mass is 16.7. The number of aliphatic hydroxyl groups excluding tert-OH is 1. The zero-order valence-electron chi connectivity index (χ0n) is 44.0. The molecule has 2 aromatic rings. The van der Waals surface area contributed by atoms with E-state index in [0.717, 1.165) is 0 Å². The van der Waals surface area contributed by atoms with Crippen molar-refractivity contribution in [1.29, 1.82) is 0 Å². The van der Waals surface area contributed by atoms with Crippen LogP contribution in [0.15, 0.2) is 60.7 Å². The first-order chi connectivity index (χ1) is 34.7. The maximum atomic E-state index is 14.1. The molecule has 4 N–H and O–H groups in total. The summed E-state index contributed by atoms with van der Waals surface area (Å²) in [5, 5.41) is 50.2. The molecule has 406 valence electrons. The first-order valence-corrected chi connectivity index (χ1v) is 26.6. The van der Waals surface area contributed by atoms with Crippen LogP contribution in [-0.2, 0) is 52.1 Å². The maximum Gasteiger partial charge on any atom is 0.338 e. The third-order valence-electron chi connectivity index (χ3n) is 19.2. The number of ether oxygens (including phenoxy) is 11. The molecule has 0 bridgehead atoms. The van der Waals surface area contributed by atoms with E-state index in [0.29, 0.717) is 56.1 Å². The molecule has 0 aromatic heterocycles. The standard InChI is InChI=1S/C56H80O17/c1-31-47(57)39(63-7)27-45(66-31)72-49-33(3)68-46(29-41(49)65-9)73-48-32(2)67-44(28-40(48)64-8)70-38-21-22-52(5)37(26-38)20-23-55(61)42(52)30-43(71-51(59)36-18-14-11-15-19-36)53(6)54(60,24-25-56(53,55)62)34(4)69-50(58)35-16-12-10-13-17-35/h10-19,31-34,37-49,57,60-62H,20-30H2,1-9H3/t31-,32-,33-,34+,37+,38+,39-,40+,41+,42-,43-,44+,45+,46+,47-,48-,49-,52+,53-,54+,55+,56-/m1/s1. The number of rotatable bonds is 14. The van der Waals surface area contributed by atoms with Crippen molar-refractivity contribution in [3.63, 3.8) is 0 Å². The minimum Gasteiger partial charge on any atom is -0.458 e. The van der Waals surface area contributed by atoms with Crippen LogP contribution in [0.3, 0.4) is 0 Å². The number of methoxy groups -OCH3 is 3. The zero-order valence-corrected chi connectivity index (χ0v) is 44.0. The lowest BCUT2D eigenvalue weighted by molar-refractivity contribution is -0.345. The Morgan fingerprint density at radius 2 is 1.15 bits per heavy atom. The summed E-state index contributed by atoms with van der Waals surface area (Å²) in [5.74, 6) is -1.69. The Kier molecular flexibility index (Phi) is 16.0. The number of aliphatic hydroxyl groups is 4. The summed E-state index contributed by atoms with van der Waals surface area (Å²) >= 11 is 0. The van der Waals surface area contributed by atoms with Crippen molar-refractivity contribution in [3.05, 3.63) is 71.8 Å². The van der Waals surface area contributed by atoms with Crippen LogP contribution >= 0.6 is 0 Å². The fourth-order valence-corrected chi connectivity index (χ4v) is 14.8. The minimum absolute atomic E-state index is 0.000182. The van der Waals surface area contributed by atoms with Gasteiger partial charge < -0.3 is 72.5 Å². The lowest BCUT2D eigenvalue weighted by atomic mass is 9.40. The van der Waals surface area contributed by atoms with Gasteiger partial charge in [0.15, 0.2) is 18.9 Å². The number of hydrogen-bond acceptors (Lipinski definition) is 17. The summed E-state index contributed by atoms with van der Waals surface area (Å²) in [5.41, 5.74) is -7.04. The topological polar surface area (TPSA) is 217 Å². The second kappa shape index (κ2) is 21.4. The number of hydrogen-bond donors (Lipinski definition) is 4. The monoisotopic (exact) mass is 1020 g/mol. The molecule has 7 aliphatic rings. The van der Waals surface area contributed by atoms with E-state index in [4.69, 9.17) is 52.1 Å². The molecule has 3 saturated heterocycles. The molecule has 22 atom stereocenters. The summed E-state index contributed by atoms with van der Waals surface area (Å²) < 4.78 is 68.8. The van der Waals surface area contributed by atoms with E-state index in [-0.39, 0.29) is 49.9 Å². The van der Waals surface area contributed by atoms with Crippen LogP contribution in [0.2, 0.25) is 0 Å². The predicted octanol–water partition coefficient (Wildman–Crippen LogP) is 6.04. The van der Waals surface area contributed by atoms with Gasteiger partial charge in [0.25, 0.3) is 0 Å². The summed E-state index contributed by atoms with van der Waals surface area (Å²) in [4.78, 5) is 27.5. The van der Waals surface area contributed by atoms with Crippen molar-refractivity contribution in [3.8, 4) is 0 Å². The first-order valence-electron chi connectivity index (χ1n) is 26.6. The molecule has 9 rings (SSSR count). The van der Waals surface area contributed by atoms with E-state index < -0.39 is 119 Å². The molecule has 2 aromatic carbocycles. The van der Waals surface area contributed by atoms with Gasteiger partial charge in [0, 0.05) is 40.6 Å². The van der Waals surface area contributed by atoms with Crippen LogP contribution in [0.5, 0.6) is 0 Å². The van der Waals surface area contributed by atoms with E-state index in [9.17, 15) is 30.0 Å². The van der Waals surface area contributed by atoms with Crippen molar-refractivity contribution in [2.45, 2.75) is 221 Å². The zero-order chi connectivity index (χ0) is 52.3. The van der Waals surface area contributed by atoms with E-state index in [1.807, 2.05) is 13.8 Å². The number of esters is 2. The molecule has 4 saturated carbocycles. The summed E-state index contributed by atoms with van der Waals surface area (Å²) in [6, 6.07) is 17.1. The molecule has 0 radical (unpaired) electrons. The lowest BCUT2D eigenvalue weighted by Gasteiger charge is -2.69. The number of benzene rings is 2. The molecule has 7 fully saturated rings. The average molecular weight is 1030 g/mol. The van der Waals surface area contributed by atoms with Gasteiger partial charge >= 0.3 is 11.9 Å². The Balaban J connectivity index is 0.866. The SMILES string of the molecule is CO[C@H]1C[C@H](O[C@H]2CC[C@@]3(C)[C@@H](CC[C@]4(O)[C@@H]3C[C@@H](OC(=O)c3ccccc3)[C@@]3(C)[C@]4(O)CC[C@]3(O)[C@H](C)OC(=O)c3ccccc3)C2)O[C@H](C)[C@H]1O[C@H]1C[C@H](OC)[C@H](O[C@H]2C[C@@H](OC)[C@H](O)[C@@H](C)O2)[C@@H](C)O1. The lowest BCUT2D eigenvalue weighted by Crippen LogP contribution is -2.79. The van der Waals surface area contributed by atoms with Crippen molar-refractivity contribution >= 4 is 11.9 Å². The molecule has 4 aliphatic carbocycles.